The van der Waals surface area contributed by atoms with E-state index >= 15 is 0 Å². The minimum absolute atomic E-state index is 0.224. The number of nitrogen functional groups attached to an aromatic ring is 1. The summed E-state index contributed by atoms with van der Waals surface area (Å²) in [5.41, 5.74) is 9.57. The number of fused-ring (bicyclic) bond motifs is 2. The third-order valence-electron chi connectivity index (χ3n) is 7.33. The van der Waals surface area contributed by atoms with E-state index in [0.717, 1.165) is 47.5 Å². The maximum atomic E-state index is 13.1. The smallest absolute Gasteiger partial charge is 0.256 e. The van der Waals surface area contributed by atoms with Crippen LogP contribution in [0.5, 0.6) is 0 Å². The second-order valence-corrected chi connectivity index (χ2v) is 19.7. The van der Waals surface area contributed by atoms with E-state index in [2.05, 4.69) is 56.8 Å². The van der Waals surface area contributed by atoms with E-state index in [0.29, 0.717) is 23.9 Å². The van der Waals surface area contributed by atoms with Crippen molar-refractivity contribution in [2.24, 2.45) is 7.05 Å². The third kappa shape index (κ3) is 5.70. The first-order valence-corrected chi connectivity index (χ1v) is 19.1. The number of nitrogens with one attached hydrogen (secondary N) is 1. The quantitative estimate of drug-likeness (QED) is 0.228. The van der Waals surface area contributed by atoms with Gasteiger partial charge in [-0.05, 0) is 49.3 Å². The van der Waals surface area contributed by atoms with Crippen molar-refractivity contribution in [1.29, 1.82) is 0 Å². The van der Waals surface area contributed by atoms with E-state index in [9.17, 15) is 4.79 Å². The van der Waals surface area contributed by atoms with E-state index in [-0.39, 0.29) is 5.91 Å². The SMILES string of the molecule is Cn1nc(N)c2ccc(C(=O)Nc3cc4c(cn3)cc(CN3CCC[Si]3C)n4COCC[Si](C)(C)C)cc21. The average molecular weight is 549 g/mol. The third-order valence-corrected chi connectivity index (χ3v) is 11.6. The zero-order valence-electron chi connectivity index (χ0n) is 23.0. The largest absolute Gasteiger partial charge is 0.382 e. The monoisotopic (exact) mass is 548 g/mol. The Hall–Kier alpha value is -3.00. The van der Waals surface area contributed by atoms with Crippen molar-refractivity contribution in [3.63, 3.8) is 0 Å². The van der Waals surface area contributed by atoms with Gasteiger partial charge in [0.05, 0.1) is 11.0 Å². The number of ether oxygens (including phenoxy) is 1. The zero-order valence-corrected chi connectivity index (χ0v) is 25.0. The van der Waals surface area contributed by atoms with E-state index in [4.69, 9.17) is 10.5 Å². The van der Waals surface area contributed by atoms with Gasteiger partial charge >= 0.3 is 0 Å². The number of pyridine rings is 1. The second-order valence-electron chi connectivity index (χ2n) is 11.5. The van der Waals surface area contributed by atoms with Gasteiger partial charge in [-0.2, -0.15) is 5.10 Å². The molecule has 11 heteroatoms. The Bertz CT molecular complexity index is 1470. The van der Waals surface area contributed by atoms with Crippen LogP contribution < -0.4 is 11.1 Å². The van der Waals surface area contributed by atoms with Crippen LogP contribution in [0.4, 0.5) is 11.6 Å². The maximum Gasteiger partial charge on any atom is 0.256 e. The van der Waals surface area contributed by atoms with Gasteiger partial charge in [0.25, 0.3) is 5.91 Å². The first kappa shape index (κ1) is 26.6. The number of benzene rings is 1. The summed E-state index contributed by atoms with van der Waals surface area (Å²) >= 11 is 0. The molecule has 1 fully saturated rings. The molecule has 0 saturated carbocycles. The fraction of sp³-hybridized carbons (Fsp3) is 0.444. The van der Waals surface area contributed by atoms with Crippen molar-refractivity contribution >= 4 is 56.4 Å². The van der Waals surface area contributed by atoms with Crippen molar-refractivity contribution in [2.45, 2.75) is 58.0 Å². The highest BCUT2D eigenvalue weighted by Gasteiger charge is 2.24. The topological polar surface area (TPSA) is 103 Å². The Morgan fingerprint density at radius 1 is 1.21 bits per heavy atom. The Kier molecular flexibility index (Phi) is 7.45. The number of anilines is 2. The Morgan fingerprint density at radius 3 is 2.76 bits per heavy atom. The van der Waals surface area contributed by atoms with Crippen LogP contribution in [0.2, 0.25) is 38.3 Å². The summed E-state index contributed by atoms with van der Waals surface area (Å²) in [4.78, 5) is 17.7. The van der Waals surface area contributed by atoms with Gasteiger partial charge in [0.2, 0.25) is 0 Å². The molecule has 1 aliphatic rings. The highest BCUT2D eigenvalue weighted by Crippen LogP contribution is 2.26. The number of aromatic nitrogens is 4. The number of hydrogen-bond donors (Lipinski definition) is 2. The molecule has 3 aromatic heterocycles. The molecule has 1 aliphatic heterocycles. The summed E-state index contributed by atoms with van der Waals surface area (Å²) in [5, 5.41) is 9.11. The van der Waals surface area contributed by atoms with Gasteiger partial charge in [0.15, 0.2) is 5.82 Å². The summed E-state index contributed by atoms with van der Waals surface area (Å²) in [6.45, 7) is 12.9. The summed E-state index contributed by atoms with van der Waals surface area (Å²) in [7, 11) is 0.181. The van der Waals surface area contributed by atoms with Gasteiger partial charge in [0, 0.05) is 62.6 Å². The summed E-state index contributed by atoms with van der Waals surface area (Å²) in [6.07, 6.45) is 3.13. The highest BCUT2D eigenvalue weighted by atomic mass is 28.3. The maximum absolute atomic E-state index is 13.1. The molecule has 1 amide bonds. The summed E-state index contributed by atoms with van der Waals surface area (Å²) in [6, 6.07) is 12.1. The van der Waals surface area contributed by atoms with E-state index in [1.54, 1.807) is 16.8 Å². The van der Waals surface area contributed by atoms with Gasteiger partial charge in [-0.1, -0.05) is 26.2 Å². The number of carbonyl (C=O) groups excluding carboxylic acids is 1. The van der Waals surface area contributed by atoms with Crippen LogP contribution in [-0.4, -0.2) is 60.0 Å². The number of nitrogens with zero attached hydrogens (tertiary/aromatic N) is 5. The molecule has 38 heavy (non-hydrogen) atoms. The van der Waals surface area contributed by atoms with Crippen LogP contribution in [-0.2, 0) is 25.1 Å². The molecule has 1 saturated heterocycles. The van der Waals surface area contributed by atoms with E-state index in [1.807, 2.05) is 25.4 Å². The number of nitrogens with two attached hydrogens (primary N) is 1. The van der Waals surface area contributed by atoms with Gasteiger partial charge in [-0.25, -0.2) is 4.98 Å². The van der Waals surface area contributed by atoms with Crippen molar-refractivity contribution < 1.29 is 9.53 Å². The van der Waals surface area contributed by atoms with E-state index in [1.165, 1.54) is 18.2 Å². The van der Waals surface area contributed by atoms with Crippen molar-refractivity contribution in [3.8, 4) is 0 Å². The zero-order chi connectivity index (χ0) is 27.0. The first-order valence-electron chi connectivity index (χ1n) is 13.3. The predicted molar refractivity (Wildman–Crippen MR) is 158 cm³/mol. The minimum Gasteiger partial charge on any atom is -0.382 e. The molecule has 0 unspecified atom stereocenters. The lowest BCUT2D eigenvalue weighted by Gasteiger charge is -2.22. The molecule has 0 atom stereocenters. The molecule has 3 N–H and O–H groups in total. The molecule has 4 heterocycles. The van der Waals surface area contributed by atoms with Gasteiger partial charge in [-0.3, -0.25) is 9.48 Å². The molecule has 1 aromatic carbocycles. The number of aryl methyl sites for hydroxylation is 1. The average Bonchev–Trinajstić information content (AvgIpc) is 3.51. The Morgan fingerprint density at radius 2 is 2.03 bits per heavy atom. The van der Waals surface area contributed by atoms with Crippen molar-refractivity contribution in [1.82, 2.24) is 23.9 Å². The van der Waals surface area contributed by atoms with Crippen LogP contribution in [0.25, 0.3) is 21.8 Å². The lowest BCUT2D eigenvalue weighted by molar-refractivity contribution is 0.0876. The fourth-order valence-corrected chi connectivity index (χ4v) is 7.71. The number of rotatable bonds is 9. The Balaban J connectivity index is 1.40. The number of amides is 1. The molecule has 201 valence electrons. The van der Waals surface area contributed by atoms with Crippen molar-refractivity contribution in [2.75, 3.05) is 24.2 Å². The molecule has 0 bridgehead atoms. The first-order chi connectivity index (χ1) is 18.1. The van der Waals surface area contributed by atoms with Crippen LogP contribution in [0.1, 0.15) is 22.5 Å². The number of carbonyl (C=O) groups is 1. The summed E-state index contributed by atoms with van der Waals surface area (Å²) in [5.74, 6) is 0.746. The number of hydrogen-bond acceptors (Lipinski definition) is 6. The molecule has 9 nitrogen and oxygen atoms in total. The van der Waals surface area contributed by atoms with Crippen LogP contribution >= 0.6 is 0 Å². The normalized spacial score (nSPS) is 15.2. The second kappa shape index (κ2) is 10.6. The standard InChI is InChI=1S/C27H38N7O2Si2/c1-32-24-14-19(7-8-22(24)26(28)31-32)27(35)30-25-15-23-20(16-29-25)13-21(17-33-9-6-11-37(33)2)34(23)18-36-10-12-38(3,4)5/h7-8,13-16H,6,9-12,17-18H2,1-5H3,(H2,28,31)(H,29,30,35). The minimum atomic E-state index is -1.17. The molecule has 4 aromatic rings. The molecule has 0 spiro atoms. The lowest BCUT2D eigenvalue weighted by atomic mass is 10.1. The van der Waals surface area contributed by atoms with Crippen LogP contribution in [0.3, 0.4) is 0 Å². The fourth-order valence-electron chi connectivity index (χ4n) is 5.00. The van der Waals surface area contributed by atoms with Crippen LogP contribution in [0, 0.1) is 0 Å². The molecule has 5 rings (SSSR count). The highest BCUT2D eigenvalue weighted by molar-refractivity contribution is 6.76. The molecule has 1 radical (unpaired) electrons. The van der Waals surface area contributed by atoms with Crippen LogP contribution in [0.15, 0.2) is 36.5 Å². The molecular weight excluding hydrogens is 511 g/mol. The molecular formula is C27H38N7O2Si2. The van der Waals surface area contributed by atoms with Gasteiger partial charge in [-0.15, -0.1) is 0 Å². The Labute approximate surface area is 226 Å². The molecule has 0 aliphatic carbocycles. The van der Waals surface area contributed by atoms with E-state index < -0.39 is 17.0 Å². The lowest BCUT2D eigenvalue weighted by Crippen LogP contribution is -2.31. The summed E-state index contributed by atoms with van der Waals surface area (Å²) < 4.78 is 12.8. The van der Waals surface area contributed by atoms with Gasteiger partial charge in [0.1, 0.15) is 21.5 Å². The van der Waals surface area contributed by atoms with Crippen molar-refractivity contribution in [3.05, 3.63) is 47.8 Å². The predicted octanol–water partition coefficient (Wildman–Crippen LogP) is 4.90. The van der Waals surface area contributed by atoms with Gasteiger partial charge < -0.3 is 24.9 Å².